The first kappa shape index (κ1) is 22.8. The largest absolute Gasteiger partial charge is 0.491 e. The highest BCUT2D eigenvalue weighted by molar-refractivity contribution is 7.15. The van der Waals surface area contributed by atoms with Crippen LogP contribution >= 0.6 is 11.3 Å². The van der Waals surface area contributed by atoms with Gasteiger partial charge in [0.2, 0.25) is 4.96 Å². The second-order valence-electron chi connectivity index (χ2n) is 8.69. The maximum atomic E-state index is 13.2. The number of fused-ring (bicyclic) bond motifs is 1. The number of pyridine rings is 1. The van der Waals surface area contributed by atoms with E-state index in [1.165, 1.54) is 15.9 Å². The molecule has 0 N–H and O–H groups in total. The Kier molecular flexibility index (Phi) is 5.82. The van der Waals surface area contributed by atoms with Crippen LogP contribution < -0.4 is 14.8 Å². The van der Waals surface area contributed by atoms with Gasteiger partial charge in [-0.25, -0.2) is 4.68 Å². The number of benzene rings is 2. The van der Waals surface area contributed by atoms with Crippen molar-refractivity contribution in [3.63, 3.8) is 0 Å². The third-order valence-corrected chi connectivity index (χ3v) is 6.61. The van der Waals surface area contributed by atoms with E-state index in [1.807, 2.05) is 97.5 Å². The Balaban J connectivity index is 1.45. The molecule has 6 rings (SSSR count). The van der Waals surface area contributed by atoms with Gasteiger partial charge in [-0.3, -0.25) is 9.78 Å². The summed E-state index contributed by atoms with van der Waals surface area (Å²) in [5.74, 6) is 1.27. The van der Waals surface area contributed by atoms with Crippen LogP contribution in [-0.2, 0) is 0 Å². The van der Waals surface area contributed by atoms with Crippen molar-refractivity contribution in [1.29, 1.82) is 0 Å². The topological polar surface area (TPSA) is 87.2 Å². The number of hydrogen-bond donors (Lipinski definition) is 0. The highest BCUT2D eigenvalue weighted by atomic mass is 32.1. The van der Waals surface area contributed by atoms with E-state index >= 15 is 0 Å². The normalized spacial score (nSPS) is 12.0. The molecule has 0 atom stereocenters. The molecule has 0 radical (unpaired) electrons. The molecule has 0 fully saturated rings. The molecule has 0 saturated carbocycles. The summed E-state index contributed by atoms with van der Waals surface area (Å²) in [5, 5.41) is 9.28. The Labute approximate surface area is 216 Å². The average molecular weight is 507 g/mol. The van der Waals surface area contributed by atoms with Gasteiger partial charge in [0.05, 0.1) is 16.3 Å². The van der Waals surface area contributed by atoms with E-state index in [4.69, 9.17) is 9.84 Å². The maximum Gasteiger partial charge on any atom is 0.291 e. The SMILES string of the molecule is CC(C)Oc1ccc(-c2nn(-c3ccccc3)cc2C=c2sc3nc(-c4cccnc4)nn3c2=O)cc1. The number of para-hydroxylation sites is 1. The van der Waals surface area contributed by atoms with Crippen LogP contribution in [0.5, 0.6) is 5.75 Å². The Morgan fingerprint density at radius 1 is 0.946 bits per heavy atom. The zero-order valence-corrected chi connectivity index (χ0v) is 21.0. The van der Waals surface area contributed by atoms with Crippen molar-refractivity contribution in [3.8, 4) is 34.1 Å². The van der Waals surface area contributed by atoms with E-state index in [-0.39, 0.29) is 11.7 Å². The van der Waals surface area contributed by atoms with Gasteiger partial charge >= 0.3 is 0 Å². The summed E-state index contributed by atoms with van der Waals surface area (Å²) in [7, 11) is 0. The first-order valence-electron chi connectivity index (χ1n) is 11.8. The summed E-state index contributed by atoms with van der Waals surface area (Å²) < 4.78 is 9.49. The van der Waals surface area contributed by atoms with Crippen LogP contribution in [0.25, 0.3) is 39.4 Å². The van der Waals surface area contributed by atoms with Gasteiger partial charge < -0.3 is 4.74 Å². The summed E-state index contributed by atoms with van der Waals surface area (Å²) in [5.41, 5.74) is 3.96. The summed E-state index contributed by atoms with van der Waals surface area (Å²) in [6, 6.07) is 21.4. The van der Waals surface area contributed by atoms with E-state index in [2.05, 4.69) is 15.1 Å². The van der Waals surface area contributed by atoms with Crippen molar-refractivity contribution in [1.82, 2.24) is 29.4 Å². The van der Waals surface area contributed by atoms with Gasteiger partial charge in [-0.15, -0.1) is 5.10 Å². The lowest BCUT2D eigenvalue weighted by molar-refractivity contribution is 0.242. The quantitative estimate of drug-likeness (QED) is 0.333. The Hall–Kier alpha value is -4.63. The molecule has 4 heterocycles. The second-order valence-corrected chi connectivity index (χ2v) is 9.70. The van der Waals surface area contributed by atoms with E-state index < -0.39 is 0 Å². The molecule has 0 amide bonds. The number of rotatable bonds is 6. The molecule has 0 aliphatic carbocycles. The number of ether oxygens (including phenoxy) is 1. The Morgan fingerprint density at radius 3 is 2.46 bits per heavy atom. The third kappa shape index (κ3) is 4.52. The van der Waals surface area contributed by atoms with Crippen LogP contribution in [0.2, 0.25) is 0 Å². The van der Waals surface area contributed by atoms with Gasteiger partial charge in [0.25, 0.3) is 5.56 Å². The molecule has 4 aromatic heterocycles. The lowest BCUT2D eigenvalue weighted by Gasteiger charge is -2.09. The van der Waals surface area contributed by atoms with Gasteiger partial charge in [-0.1, -0.05) is 29.5 Å². The fraction of sp³-hybridized carbons (Fsp3) is 0.107. The predicted octanol–water partition coefficient (Wildman–Crippen LogP) is 4.40. The highest BCUT2D eigenvalue weighted by Gasteiger charge is 2.15. The highest BCUT2D eigenvalue weighted by Crippen LogP contribution is 2.27. The van der Waals surface area contributed by atoms with Crippen molar-refractivity contribution in [3.05, 3.63) is 106 Å². The standard InChI is InChI=1S/C28H22N6O2S/c1-18(2)36-23-12-10-19(11-13-23)25-21(17-33(31-25)22-8-4-3-5-9-22)15-24-27(35)34-28(37-24)30-26(32-34)20-7-6-14-29-16-20/h3-18H,1-2H3. The molecule has 6 aromatic rings. The predicted molar refractivity (Wildman–Crippen MR) is 144 cm³/mol. The lowest BCUT2D eigenvalue weighted by atomic mass is 10.1. The lowest BCUT2D eigenvalue weighted by Crippen LogP contribution is -2.23. The van der Waals surface area contributed by atoms with Crippen molar-refractivity contribution < 1.29 is 4.74 Å². The molecule has 8 nitrogen and oxygen atoms in total. The zero-order chi connectivity index (χ0) is 25.4. The summed E-state index contributed by atoms with van der Waals surface area (Å²) >= 11 is 1.30. The molecule has 182 valence electrons. The van der Waals surface area contributed by atoms with Gasteiger partial charge in [0.1, 0.15) is 11.4 Å². The van der Waals surface area contributed by atoms with Gasteiger partial charge in [0.15, 0.2) is 5.82 Å². The number of thiazole rings is 1. The second kappa shape index (κ2) is 9.44. The molecule has 0 spiro atoms. The smallest absolute Gasteiger partial charge is 0.291 e. The molecular formula is C28H22N6O2S. The van der Waals surface area contributed by atoms with E-state index in [1.54, 1.807) is 12.4 Å². The molecule has 9 heteroatoms. The van der Waals surface area contributed by atoms with Crippen molar-refractivity contribution in [2.24, 2.45) is 0 Å². The minimum atomic E-state index is -0.221. The van der Waals surface area contributed by atoms with Crippen LogP contribution in [0, 0.1) is 0 Å². The molecule has 2 aromatic carbocycles. The summed E-state index contributed by atoms with van der Waals surface area (Å²) in [6.45, 7) is 3.99. The van der Waals surface area contributed by atoms with E-state index in [9.17, 15) is 4.79 Å². The van der Waals surface area contributed by atoms with E-state index in [0.717, 1.165) is 33.8 Å². The molecule has 0 aliphatic rings. The monoisotopic (exact) mass is 506 g/mol. The van der Waals surface area contributed by atoms with Crippen LogP contribution in [-0.4, -0.2) is 35.5 Å². The van der Waals surface area contributed by atoms with Gasteiger partial charge in [-0.05, 0) is 68.5 Å². The van der Waals surface area contributed by atoms with Crippen LogP contribution in [0.1, 0.15) is 19.4 Å². The molecule has 0 unspecified atom stereocenters. The summed E-state index contributed by atoms with van der Waals surface area (Å²) in [6.07, 6.45) is 7.24. The number of hydrogen-bond acceptors (Lipinski definition) is 7. The van der Waals surface area contributed by atoms with Crippen molar-refractivity contribution >= 4 is 22.4 Å². The molecule has 37 heavy (non-hydrogen) atoms. The number of nitrogens with zero attached hydrogens (tertiary/aromatic N) is 6. The molecular weight excluding hydrogens is 484 g/mol. The fourth-order valence-corrected chi connectivity index (χ4v) is 4.88. The first-order valence-corrected chi connectivity index (χ1v) is 12.6. The molecule has 0 aliphatic heterocycles. The summed E-state index contributed by atoms with van der Waals surface area (Å²) in [4.78, 5) is 22.4. The van der Waals surface area contributed by atoms with Crippen molar-refractivity contribution in [2.75, 3.05) is 0 Å². The fourth-order valence-electron chi connectivity index (χ4n) is 3.99. The third-order valence-electron chi connectivity index (χ3n) is 5.65. The maximum absolute atomic E-state index is 13.2. The average Bonchev–Trinajstić information content (AvgIpc) is 3.61. The Bertz CT molecular complexity index is 1790. The minimum absolute atomic E-state index is 0.0903. The van der Waals surface area contributed by atoms with Crippen LogP contribution in [0.4, 0.5) is 0 Å². The van der Waals surface area contributed by atoms with Crippen LogP contribution in [0.3, 0.4) is 0 Å². The van der Waals surface area contributed by atoms with Crippen LogP contribution in [0.15, 0.2) is 90.1 Å². The van der Waals surface area contributed by atoms with Gasteiger partial charge in [-0.2, -0.15) is 14.6 Å². The van der Waals surface area contributed by atoms with Crippen molar-refractivity contribution in [2.45, 2.75) is 20.0 Å². The first-order chi connectivity index (χ1) is 18.0. The molecule has 0 saturated heterocycles. The Morgan fingerprint density at radius 2 is 1.76 bits per heavy atom. The van der Waals surface area contributed by atoms with Gasteiger partial charge in [0, 0.05) is 35.3 Å². The minimum Gasteiger partial charge on any atom is -0.491 e. The van der Waals surface area contributed by atoms with E-state index in [0.29, 0.717) is 15.3 Å². The zero-order valence-electron chi connectivity index (χ0n) is 20.1. The number of aromatic nitrogens is 6. The molecule has 0 bridgehead atoms.